The molecule has 19 heteroatoms. The third-order valence-corrected chi connectivity index (χ3v) is 9.59. The highest BCUT2D eigenvalue weighted by Crippen LogP contribution is 2.35. The standard InChI is InChI=1S/C37H39ClF3N7O8/c38-28-9-7-21(14-27(28)37(39,40)41)16-42-45-35(54)26-15-25(47-11-2-1-3-12-47)8-10-29(26)43-34(53)23-6-4-5-22(13-23)17-48-18-24(44-46-48)20-55-36-33(52)32(51)31(50)30(19-49)56-36/h4-10,13-16,18,30-33,36,49-52H,1-3,11-12,17,19-20H2,(H,43,53)(H,45,54)/t30-,31-,32+,33-,36?/m0/s1. The molecule has 4 aromatic rings. The summed E-state index contributed by atoms with van der Waals surface area (Å²) in [5.41, 5.74) is 3.68. The number of carbonyl (C=O) groups excluding carboxylic acids is 2. The first-order chi connectivity index (χ1) is 26.8. The summed E-state index contributed by atoms with van der Waals surface area (Å²) >= 11 is 5.71. The second kappa shape index (κ2) is 17.9. The van der Waals surface area contributed by atoms with Crippen molar-refractivity contribution in [1.29, 1.82) is 0 Å². The number of hydrazone groups is 1. The summed E-state index contributed by atoms with van der Waals surface area (Å²) in [6, 6.07) is 15.0. The van der Waals surface area contributed by atoms with E-state index in [9.17, 15) is 43.2 Å². The molecule has 56 heavy (non-hydrogen) atoms. The zero-order chi connectivity index (χ0) is 40.0. The van der Waals surface area contributed by atoms with Crippen molar-refractivity contribution in [3.05, 3.63) is 105 Å². The van der Waals surface area contributed by atoms with Crippen LogP contribution in [0.3, 0.4) is 0 Å². The number of amides is 2. The lowest BCUT2D eigenvalue weighted by molar-refractivity contribution is -0.304. The molecule has 6 rings (SSSR count). The Morgan fingerprint density at radius 2 is 1.79 bits per heavy atom. The van der Waals surface area contributed by atoms with Crippen molar-refractivity contribution in [2.45, 2.75) is 69.3 Å². The van der Waals surface area contributed by atoms with E-state index in [0.29, 0.717) is 11.3 Å². The predicted molar refractivity (Wildman–Crippen MR) is 196 cm³/mol. The highest BCUT2D eigenvalue weighted by molar-refractivity contribution is 6.31. The molecule has 0 saturated carbocycles. The molecule has 3 aromatic carbocycles. The van der Waals surface area contributed by atoms with Crippen LogP contribution in [0, 0.1) is 0 Å². The molecule has 2 aliphatic heterocycles. The van der Waals surface area contributed by atoms with Crippen LogP contribution < -0.4 is 15.6 Å². The third kappa shape index (κ3) is 9.88. The van der Waals surface area contributed by atoms with Crippen molar-refractivity contribution < 1.29 is 52.7 Å². The van der Waals surface area contributed by atoms with Gasteiger partial charge in [-0.15, -0.1) is 5.10 Å². The summed E-state index contributed by atoms with van der Waals surface area (Å²) in [6.45, 7) is 0.995. The van der Waals surface area contributed by atoms with Gasteiger partial charge < -0.3 is 40.1 Å². The third-order valence-electron chi connectivity index (χ3n) is 9.26. The number of nitrogens with one attached hydrogen (secondary N) is 2. The minimum atomic E-state index is -4.68. The van der Waals surface area contributed by atoms with Gasteiger partial charge in [-0.05, 0) is 72.9 Å². The average molecular weight is 802 g/mol. The van der Waals surface area contributed by atoms with Gasteiger partial charge in [0, 0.05) is 24.3 Å². The topological polar surface area (TPSA) is 204 Å². The van der Waals surface area contributed by atoms with Crippen molar-refractivity contribution in [3.63, 3.8) is 0 Å². The molecule has 2 fully saturated rings. The predicted octanol–water partition coefficient (Wildman–Crippen LogP) is 3.32. The Bertz CT molecular complexity index is 2040. The van der Waals surface area contributed by atoms with Crippen LogP contribution in [-0.2, 0) is 28.8 Å². The minimum Gasteiger partial charge on any atom is -0.394 e. The van der Waals surface area contributed by atoms with E-state index in [2.05, 4.69) is 31.1 Å². The number of benzene rings is 3. The molecule has 6 N–H and O–H groups in total. The number of rotatable bonds is 12. The summed E-state index contributed by atoms with van der Waals surface area (Å²) in [5, 5.41) is 53.8. The highest BCUT2D eigenvalue weighted by atomic mass is 35.5. The molecule has 15 nitrogen and oxygen atoms in total. The number of alkyl halides is 3. The molecular formula is C37H39ClF3N7O8. The SMILES string of the molecule is O=C(Nc1ccc(N2CCCCC2)cc1C(=O)NN=Cc1ccc(Cl)c(C(F)(F)F)c1)c1cccc(Cn2cc(COC3O[C@@H](CO)[C@H](O)[C@@H](O)[C@@H]3O)nn2)c1. The van der Waals surface area contributed by atoms with Crippen LogP contribution in [0.1, 0.15) is 62.4 Å². The van der Waals surface area contributed by atoms with Crippen LogP contribution in [0.25, 0.3) is 0 Å². The Morgan fingerprint density at radius 3 is 2.54 bits per heavy atom. The van der Waals surface area contributed by atoms with Crippen molar-refractivity contribution in [2.75, 3.05) is 29.9 Å². The van der Waals surface area contributed by atoms with Crippen LogP contribution in [0.5, 0.6) is 0 Å². The molecule has 0 spiro atoms. The van der Waals surface area contributed by atoms with E-state index < -0.39 is 65.9 Å². The van der Waals surface area contributed by atoms with Gasteiger partial charge in [0.1, 0.15) is 30.1 Å². The number of aliphatic hydroxyl groups excluding tert-OH is 4. The van der Waals surface area contributed by atoms with Gasteiger partial charge in [-0.25, -0.2) is 10.1 Å². The molecule has 0 aliphatic carbocycles. The summed E-state index contributed by atoms with van der Waals surface area (Å²) in [4.78, 5) is 29.2. The number of ether oxygens (including phenoxy) is 2. The number of nitrogens with zero attached hydrogens (tertiary/aromatic N) is 5. The molecule has 2 saturated heterocycles. The second-order valence-electron chi connectivity index (χ2n) is 13.3. The van der Waals surface area contributed by atoms with Gasteiger partial charge in [-0.3, -0.25) is 9.59 Å². The Labute approximate surface area is 323 Å². The number of aromatic nitrogens is 3. The lowest BCUT2D eigenvalue weighted by Gasteiger charge is -2.39. The molecule has 2 amide bonds. The van der Waals surface area contributed by atoms with Gasteiger partial charge in [0.05, 0.1) is 54.0 Å². The van der Waals surface area contributed by atoms with Crippen molar-refractivity contribution in [2.24, 2.45) is 5.10 Å². The van der Waals surface area contributed by atoms with E-state index in [1.165, 1.54) is 10.7 Å². The smallest absolute Gasteiger partial charge is 0.394 e. The minimum absolute atomic E-state index is 0.0565. The maximum atomic E-state index is 13.6. The van der Waals surface area contributed by atoms with Gasteiger partial charge in [-0.1, -0.05) is 35.0 Å². The average Bonchev–Trinajstić information content (AvgIpc) is 3.64. The van der Waals surface area contributed by atoms with Crippen LogP contribution in [0.2, 0.25) is 5.02 Å². The summed E-state index contributed by atoms with van der Waals surface area (Å²) in [7, 11) is 0. The number of carbonyl (C=O) groups is 2. The van der Waals surface area contributed by atoms with E-state index in [-0.39, 0.29) is 35.5 Å². The number of hydrogen-bond donors (Lipinski definition) is 6. The molecular weight excluding hydrogens is 763 g/mol. The fourth-order valence-electron chi connectivity index (χ4n) is 6.29. The molecule has 0 radical (unpaired) electrons. The summed E-state index contributed by atoms with van der Waals surface area (Å²) < 4.78 is 52.4. The van der Waals surface area contributed by atoms with Crippen LogP contribution in [0.15, 0.2) is 72.0 Å². The monoisotopic (exact) mass is 801 g/mol. The van der Waals surface area contributed by atoms with Crippen LogP contribution in [0.4, 0.5) is 24.5 Å². The first-order valence-corrected chi connectivity index (χ1v) is 18.0. The maximum Gasteiger partial charge on any atom is 0.417 e. The molecule has 1 unspecified atom stereocenters. The zero-order valence-electron chi connectivity index (χ0n) is 29.6. The van der Waals surface area contributed by atoms with Crippen LogP contribution in [-0.4, -0.2) is 104 Å². The Kier molecular flexibility index (Phi) is 13.0. The molecule has 0 bridgehead atoms. The van der Waals surface area contributed by atoms with Crippen LogP contribution >= 0.6 is 11.6 Å². The van der Waals surface area contributed by atoms with Crippen molar-refractivity contribution in [3.8, 4) is 0 Å². The van der Waals surface area contributed by atoms with Gasteiger partial charge in [0.15, 0.2) is 6.29 Å². The van der Waals surface area contributed by atoms with E-state index in [1.54, 1.807) is 48.7 Å². The Morgan fingerprint density at radius 1 is 1.00 bits per heavy atom. The second-order valence-corrected chi connectivity index (χ2v) is 13.7. The zero-order valence-corrected chi connectivity index (χ0v) is 30.4. The van der Waals surface area contributed by atoms with Gasteiger partial charge >= 0.3 is 6.18 Å². The number of hydrogen-bond acceptors (Lipinski definition) is 12. The Hall–Kier alpha value is -4.95. The maximum absolute atomic E-state index is 13.6. The van der Waals surface area contributed by atoms with E-state index >= 15 is 0 Å². The van der Waals surface area contributed by atoms with Gasteiger partial charge in [0.25, 0.3) is 11.8 Å². The molecule has 3 heterocycles. The van der Waals surface area contributed by atoms with E-state index in [4.69, 9.17) is 21.1 Å². The van der Waals surface area contributed by atoms with E-state index in [1.807, 2.05) is 0 Å². The van der Waals surface area contributed by atoms with Crippen molar-refractivity contribution in [1.82, 2.24) is 20.4 Å². The molecule has 1 aromatic heterocycles. The highest BCUT2D eigenvalue weighted by Gasteiger charge is 2.44. The first kappa shape index (κ1) is 40.7. The molecule has 298 valence electrons. The Balaban J connectivity index is 1.13. The summed E-state index contributed by atoms with van der Waals surface area (Å²) in [5.74, 6) is -1.23. The molecule has 2 aliphatic rings. The largest absolute Gasteiger partial charge is 0.417 e. The van der Waals surface area contributed by atoms with Crippen molar-refractivity contribution >= 4 is 41.0 Å². The quantitative estimate of drug-likeness (QED) is 0.0907. The van der Waals surface area contributed by atoms with Gasteiger partial charge in [-0.2, -0.15) is 18.3 Å². The number of piperidine rings is 1. The normalized spacial score (nSPS) is 21.6. The fraction of sp³-hybridized carbons (Fsp3) is 0.378. The lowest BCUT2D eigenvalue weighted by Crippen LogP contribution is -2.59. The summed E-state index contributed by atoms with van der Waals surface area (Å²) in [6.07, 6.45) is -6.14. The number of aliphatic hydroxyl groups is 4. The van der Waals surface area contributed by atoms with E-state index in [0.717, 1.165) is 56.4 Å². The fourth-order valence-corrected chi connectivity index (χ4v) is 6.52. The van der Waals surface area contributed by atoms with Gasteiger partial charge in [0.2, 0.25) is 0 Å². The number of halogens is 4. The molecule has 5 atom stereocenters. The lowest BCUT2D eigenvalue weighted by atomic mass is 9.99. The number of anilines is 2. The first-order valence-electron chi connectivity index (χ1n) is 17.6.